The summed E-state index contributed by atoms with van der Waals surface area (Å²) in [5.41, 5.74) is 0.785. The summed E-state index contributed by atoms with van der Waals surface area (Å²) in [6, 6.07) is 7.51. The lowest BCUT2D eigenvalue weighted by atomic mass is 10.1. The number of alkyl halides is 3. The topological polar surface area (TPSA) is 59.8 Å². The van der Waals surface area contributed by atoms with Crippen LogP contribution >= 0.6 is 11.3 Å². The molecule has 0 bridgehead atoms. The number of rotatable bonds is 5. The summed E-state index contributed by atoms with van der Waals surface area (Å²) in [6.45, 7) is 4.05. The maximum absolute atomic E-state index is 13.6. The number of carbonyl (C=O) groups excluding carboxylic acids is 1. The van der Waals surface area contributed by atoms with E-state index in [1.165, 1.54) is 0 Å². The van der Waals surface area contributed by atoms with Crippen molar-refractivity contribution in [2.75, 3.05) is 6.54 Å². The van der Waals surface area contributed by atoms with Crippen molar-refractivity contribution in [3.05, 3.63) is 52.7 Å². The second-order valence-corrected chi connectivity index (χ2v) is 6.79. The molecule has 0 aliphatic carbocycles. The minimum atomic E-state index is -4.74. The van der Waals surface area contributed by atoms with Gasteiger partial charge in [0.15, 0.2) is 5.69 Å². The molecule has 27 heavy (non-hydrogen) atoms. The zero-order valence-electron chi connectivity index (χ0n) is 14.7. The van der Waals surface area contributed by atoms with E-state index in [4.69, 9.17) is 0 Å². The van der Waals surface area contributed by atoms with Crippen LogP contribution in [0.5, 0.6) is 0 Å². The molecule has 0 aliphatic rings. The molecule has 2 heterocycles. The highest BCUT2D eigenvalue weighted by molar-refractivity contribution is 7.12. The van der Waals surface area contributed by atoms with Crippen LogP contribution in [-0.2, 0) is 6.18 Å². The molecule has 2 aromatic heterocycles. The van der Waals surface area contributed by atoms with Gasteiger partial charge in [-0.3, -0.25) is 4.79 Å². The number of halogens is 3. The second kappa shape index (κ2) is 7.51. The van der Waals surface area contributed by atoms with Crippen LogP contribution in [0.25, 0.3) is 16.4 Å². The average Bonchev–Trinajstić information content (AvgIpc) is 3.26. The number of nitrogens with zero attached hydrogens (tertiary/aromatic N) is 3. The molecule has 9 heteroatoms. The Morgan fingerprint density at radius 2 is 1.96 bits per heavy atom. The standard InChI is InChI=1S/C18H17F3N4OS/c1-3-8-22-16(26)13-9-23-25(15(13)18(19,20)21)17-24-14(10-27-17)12-6-4-11(2)5-7-12/h4-7,9-10H,3,8H2,1-2H3,(H,22,26). The van der Waals surface area contributed by atoms with Crippen LogP contribution in [0.2, 0.25) is 0 Å². The number of aryl methyl sites for hydroxylation is 1. The summed E-state index contributed by atoms with van der Waals surface area (Å²) in [5, 5.41) is 7.95. The summed E-state index contributed by atoms with van der Waals surface area (Å²) in [7, 11) is 0. The highest BCUT2D eigenvalue weighted by atomic mass is 32.1. The van der Waals surface area contributed by atoms with Gasteiger partial charge in [-0.1, -0.05) is 36.8 Å². The quantitative estimate of drug-likeness (QED) is 0.695. The van der Waals surface area contributed by atoms with Crippen molar-refractivity contribution in [3.8, 4) is 16.4 Å². The molecular weight excluding hydrogens is 377 g/mol. The number of aromatic nitrogens is 3. The summed E-state index contributed by atoms with van der Waals surface area (Å²) in [4.78, 5) is 16.4. The molecule has 5 nitrogen and oxygen atoms in total. The zero-order valence-corrected chi connectivity index (χ0v) is 15.5. The van der Waals surface area contributed by atoms with Crippen molar-refractivity contribution >= 4 is 17.2 Å². The molecule has 3 rings (SSSR count). The molecule has 0 radical (unpaired) electrons. The summed E-state index contributed by atoms with van der Waals surface area (Å²) >= 11 is 1.03. The number of nitrogens with one attached hydrogen (secondary N) is 1. The Balaban J connectivity index is 2.01. The highest BCUT2D eigenvalue weighted by Gasteiger charge is 2.41. The van der Waals surface area contributed by atoms with E-state index in [0.717, 1.165) is 28.7 Å². The largest absolute Gasteiger partial charge is 0.434 e. The Morgan fingerprint density at radius 1 is 1.26 bits per heavy atom. The SMILES string of the molecule is CCCNC(=O)c1cnn(-c2nc(-c3ccc(C)cc3)cs2)c1C(F)(F)F. The van der Waals surface area contributed by atoms with Crippen molar-refractivity contribution in [2.24, 2.45) is 0 Å². The van der Waals surface area contributed by atoms with E-state index in [1.807, 2.05) is 38.1 Å². The van der Waals surface area contributed by atoms with Crippen molar-refractivity contribution in [1.29, 1.82) is 0 Å². The third-order valence-electron chi connectivity index (χ3n) is 3.84. The van der Waals surface area contributed by atoms with Crippen molar-refractivity contribution < 1.29 is 18.0 Å². The van der Waals surface area contributed by atoms with Crippen LogP contribution in [0.3, 0.4) is 0 Å². The van der Waals surface area contributed by atoms with E-state index in [2.05, 4.69) is 15.4 Å². The van der Waals surface area contributed by atoms with Crippen LogP contribution in [0.1, 0.15) is 35.0 Å². The predicted octanol–water partition coefficient (Wildman–Crippen LogP) is 4.46. The smallest absolute Gasteiger partial charge is 0.352 e. The lowest BCUT2D eigenvalue weighted by molar-refractivity contribution is -0.143. The Kier molecular flexibility index (Phi) is 5.31. The fourth-order valence-electron chi connectivity index (χ4n) is 2.48. The van der Waals surface area contributed by atoms with Crippen molar-refractivity contribution in [1.82, 2.24) is 20.1 Å². The minimum Gasteiger partial charge on any atom is -0.352 e. The molecule has 1 aromatic carbocycles. The number of benzene rings is 1. The lowest BCUT2D eigenvalue weighted by Crippen LogP contribution is -2.27. The Hall–Kier alpha value is -2.68. The lowest BCUT2D eigenvalue weighted by Gasteiger charge is -2.11. The molecule has 3 aromatic rings. The molecule has 1 amide bonds. The van der Waals surface area contributed by atoms with E-state index in [9.17, 15) is 18.0 Å². The number of carbonyl (C=O) groups is 1. The van der Waals surface area contributed by atoms with Gasteiger partial charge in [0.25, 0.3) is 5.91 Å². The monoisotopic (exact) mass is 394 g/mol. The van der Waals surface area contributed by atoms with Crippen LogP contribution in [0, 0.1) is 6.92 Å². The van der Waals surface area contributed by atoms with E-state index < -0.39 is 23.3 Å². The molecule has 142 valence electrons. The Morgan fingerprint density at radius 3 is 2.59 bits per heavy atom. The Labute approximate surface area is 157 Å². The predicted molar refractivity (Wildman–Crippen MR) is 97.0 cm³/mol. The van der Waals surface area contributed by atoms with E-state index >= 15 is 0 Å². The third-order valence-corrected chi connectivity index (χ3v) is 4.65. The first kappa shape index (κ1) is 19.1. The first-order valence-corrected chi connectivity index (χ1v) is 9.15. The summed E-state index contributed by atoms with van der Waals surface area (Å²) in [5.74, 6) is -0.800. The van der Waals surface area contributed by atoms with Crippen LogP contribution in [0.15, 0.2) is 35.8 Å². The van der Waals surface area contributed by atoms with Gasteiger partial charge in [0.05, 0.1) is 17.5 Å². The zero-order chi connectivity index (χ0) is 19.6. The van der Waals surface area contributed by atoms with Gasteiger partial charge in [-0.15, -0.1) is 11.3 Å². The normalized spacial score (nSPS) is 11.6. The number of amides is 1. The number of hydrogen-bond acceptors (Lipinski definition) is 4. The number of hydrogen-bond donors (Lipinski definition) is 1. The van der Waals surface area contributed by atoms with Gasteiger partial charge in [-0.05, 0) is 13.3 Å². The van der Waals surface area contributed by atoms with Gasteiger partial charge in [0, 0.05) is 17.5 Å². The van der Waals surface area contributed by atoms with Crippen LogP contribution < -0.4 is 5.32 Å². The fraction of sp³-hybridized carbons (Fsp3) is 0.278. The molecule has 0 fully saturated rings. The first-order chi connectivity index (χ1) is 12.8. The highest BCUT2D eigenvalue weighted by Crippen LogP contribution is 2.35. The molecular formula is C18H17F3N4OS. The van der Waals surface area contributed by atoms with E-state index in [-0.39, 0.29) is 11.7 Å². The van der Waals surface area contributed by atoms with Crippen LogP contribution in [-0.4, -0.2) is 27.2 Å². The fourth-order valence-corrected chi connectivity index (χ4v) is 3.28. The van der Waals surface area contributed by atoms with Gasteiger partial charge in [0.2, 0.25) is 5.13 Å². The molecule has 0 saturated carbocycles. The Bertz CT molecular complexity index is 944. The molecule has 0 spiro atoms. The minimum absolute atomic E-state index is 0.0486. The first-order valence-electron chi connectivity index (χ1n) is 8.27. The van der Waals surface area contributed by atoms with Gasteiger partial charge in [-0.25, -0.2) is 9.67 Å². The van der Waals surface area contributed by atoms with Gasteiger partial charge in [0.1, 0.15) is 0 Å². The van der Waals surface area contributed by atoms with Gasteiger partial charge < -0.3 is 5.32 Å². The average molecular weight is 394 g/mol. The molecule has 1 N–H and O–H groups in total. The number of thiazole rings is 1. The second-order valence-electron chi connectivity index (χ2n) is 5.95. The maximum atomic E-state index is 13.6. The van der Waals surface area contributed by atoms with Crippen LogP contribution in [0.4, 0.5) is 13.2 Å². The molecule has 0 aliphatic heterocycles. The maximum Gasteiger partial charge on any atom is 0.434 e. The molecule has 0 unspecified atom stereocenters. The van der Waals surface area contributed by atoms with E-state index in [0.29, 0.717) is 16.8 Å². The van der Waals surface area contributed by atoms with Crippen molar-refractivity contribution in [3.63, 3.8) is 0 Å². The third kappa shape index (κ3) is 4.02. The van der Waals surface area contributed by atoms with E-state index in [1.54, 1.807) is 5.38 Å². The van der Waals surface area contributed by atoms with Gasteiger partial charge in [-0.2, -0.15) is 18.3 Å². The molecule has 0 saturated heterocycles. The summed E-state index contributed by atoms with van der Waals surface area (Å²) < 4.78 is 41.5. The summed E-state index contributed by atoms with van der Waals surface area (Å²) in [6.07, 6.45) is -3.19. The molecule has 0 atom stereocenters. The van der Waals surface area contributed by atoms with Crippen molar-refractivity contribution in [2.45, 2.75) is 26.4 Å². The van der Waals surface area contributed by atoms with Gasteiger partial charge >= 0.3 is 6.18 Å².